The molecule has 0 aliphatic carbocycles. The molecule has 0 radical (unpaired) electrons. The molecule has 0 bridgehead atoms. The minimum absolute atomic E-state index is 0.193. The van der Waals surface area contributed by atoms with Gasteiger partial charge in [-0.15, -0.1) is 0 Å². The molecule has 0 saturated carbocycles. The zero-order valence-corrected chi connectivity index (χ0v) is 8.44. The maximum Gasteiger partial charge on any atom is 0.419 e. The molecule has 3 rings (SSSR count). The second kappa shape index (κ2) is 3.41. The predicted octanol–water partition coefficient (Wildman–Crippen LogP) is 1.61. The van der Waals surface area contributed by atoms with E-state index in [0.29, 0.717) is 11.3 Å². The van der Waals surface area contributed by atoms with Crippen LogP contribution in [0.3, 0.4) is 0 Å². The van der Waals surface area contributed by atoms with Crippen molar-refractivity contribution in [3.8, 4) is 11.6 Å². The summed E-state index contributed by atoms with van der Waals surface area (Å²) in [5.41, 5.74) is 0.639. The number of carboxylic acid groups (broad SMARTS) is 1. The topological polar surface area (TPSA) is 94.0 Å². The lowest BCUT2D eigenvalue weighted by Crippen LogP contribution is -2.10. The normalized spacial score (nSPS) is 10.8. The maximum atomic E-state index is 11.2. The average Bonchev–Trinajstić information content (AvgIpc) is 2.95. The van der Waals surface area contributed by atoms with Gasteiger partial charge >= 0.3 is 6.09 Å². The molecule has 0 aliphatic heterocycles. The van der Waals surface area contributed by atoms with Crippen molar-refractivity contribution in [2.45, 2.75) is 0 Å². The lowest BCUT2D eigenvalue weighted by molar-refractivity contribution is 0.197. The van der Waals surface area contributed by atoms with Crippen LogP contribution >= 0.6 is 0 Å². The van der Waals surface area contributed by atoms with Crippen molar-refractivity contribution in [1.29, 1.82) is 0 Å². The SMILES string of the molecule is O=C(O)n1c(-c2ccco2)nc2cncnc21. The van der Waals surface area contributed by atoms with E-state index in [1.807, 2.05) is 0 Å². The van der Waals surface area contributed by atoms with Crippen molar-refractivity contribution < 1.29 is 14.3 Å². The molecule has 0 saturated heterocycles. The number of hydrogen-bond donors (Lipinski definition) is 1. The first-order chi connectivity index (χ1) is 8.27. The van der Waals surface area contributed by atoms with Gasteiger partial charge in [-0.3, -0.25) is 0 Å². The molecular weight excluding hydrogens is 224 g/mol. The smallest absolute Gasteiger partial charge is 0.419 e. The molecule has 0 atom stereocenters. The molecule has 0 fully saturated rings. The van der Waals surface area contributed by atoms with Crippen LogP contribution in [0, 0.1) is 0 Å². The largest absolute Gasteiger partial charge is 0.464 e. The second-order valence-electron chi connectivity index (χ2n) is 3.26. The molecule has 0 amide bonds. The van der Waals surface area contributed by atoms with Crippen LogP contribution in [0.2, 0.25) is 0 Å². The van der Waals surface area contributed by atoms with Crippen LogP contribution in [0.25, 0.3) is 22.7 Å². The Morgan fingerprint density at radius 2 is 2.35 bits per heavy atom. The van der Waals surface area contributed by atoms with Crippen molar-refractivity contribution in [2.75, 3.05) is 0 Å². The fourth-order valence-electron chi connectivity index (χ4n) is 1.58. The summed E-state index contributed by atoms with van der Waals surface area (Å²) in [6, 6.07) is 3.29. The van der Waals surface area contributed by atoms with E-state index in [9.17, 15) is 9.90 Å². The van der Waals surface area contributed by atoms with Crippen LogP contribution in [-0.2, 0) is 0 Å². The van der Waals surface area contributed by atoms with E-state index in [1.54, 1.807) is 12.1 Å². The number of imidazole rings is 1. The van der Waals surface area contributed by atoms with Gasteiger partial charge in [-0.1, -0.05) is 0 Å². The molecule has 0 aliphatic rings. The van der Waals surface area contributed by atoms with Gasteiger partial charge in [0.1, 0.15) is 11.8 Å². The van der Waals surface area contributed by atoms with Crippen molar-refractivity contribution in [3.05, 3.63) is 30.9 Å². The third kappa shape index (κ3) is 1.36. The number of nitrogens with zero attached hydrogens (tertiary/aromatic N) is 4. The summed E-state index contributed by atoms with van der Waals surface area (Å²) in [4.78, 5) is 23.0. The van der Waals surface area contributed by atoms with E-state index in [-0.39, 0.29) is 11.5 Å². The van der Waals surface area contributed by atoms with Gasteiger partial charge in [0.05, 0.1) is 12.5 Å². The lowest BCUT2D eigenvalue weighted by atomic mass is 10.4. The first kappa shape index (κ1) is 9.52. The highest BCUT2D eigenvalue weighted by Crippen LogP contribution is 2.23. The highest BCUT2D eigenvalue weighted by molar-refractivity contribution is 5.87. The van der Waals surface area contributed by atoms with Gasteiger partial charge in [0, 0.05) is 0 Å². The number of rotatable bonds is 1. The van der Waals surface area contributed by atoms with E-state index >= 15 is 0 Å². The van der Waals surface area contributed by atoms with Crippen LogP contribution in [0.4, 0.5) is 4.79 Å². The van der Waals surface area contributed by atoms with Gasteiger partial charge in [0.25, 0.3) is 0 Å². The summed E-state index contributed by atoms with van der Waals surface area (Å²) in [5, 5.41) is 9.17. The molecule has 17 heavy (non-hydrogen) atoms. The van der Waals surface area contributed by atoms with E-state index in [2.05, 4.69) is 15.0 Å². The number of hydrogen-bond acceptors (Lipinski definition) is 5. The molecule has 84 valence electrons. The molecule has 7 heteroatoms. The van der Waals surface area contributed by atoms with Crippen molar-refractivity contribution in [1.82, 2.24) is 19.5 Å². The first-order valence-corrected chi connectivity index (χ1v) is 4.73. The fraction of sp³-hybridized carbons (Fsp3) is 0. The van der Waals surface area contributed by atoms with Gasteiger partial charge in [-0.25, -0.2) is 24.3 Å². The van der Waals surface area contributed by atoms with Crippen molar-refractivity contribution in [2.24, 2.45) is 0 Å². The van der Waals surface area contributed by atoms with Gasteiger partial charge in [-0.2, -0.15) is 0 Å². The molecule has 0 aromatic carbocycles. The molecule has 0 spiro atoms. The lowest BCUT2D eigenvalue weighted by Gasteiger charge is -1.98. The second-order valence-corrected chi connectivity index (χ2v) is 3.26. The van der Waals surface area contributed by atoms with E-state index in [0.717, 1.165) is 4.57 Å². The molecule has 3 aromatic heterocycles. The molecule has 1 N–H and O–H groups in total. The Hall–Kier alpha value is -2.70. The zero-order chi connectivity index (χ0) is 11.8. The highest BCUT2D eigenvalue weighted by Gasteiger charge is 2.19. The molecule has 7 nitrogen and oxygen atoms in total. The number of fused-ring (bicyclic) bond motifs is 1. The summed E-state index contributed by atoms with van der Waals surface area (Å²) < 4.78 is 6.11. The molecule has 3 aromatic rings. The third-order valence-corrected chi connectivity index (χ3v) is 2.26. The summed E-state index contributed by atoms with van der Waals surface area (Å²) in [7, 11) is 0. The van der Waals surface area contributed by atoms with E-state index in [4.69, 9.17) is 4.42 Å². The Bertz CT molecular complexity index is 687. The Kier molecular flexibility index (Phi) is 1.91. The standard InChI is InChI=1S/C10H6N4O3/c15-10(16)14-8-6(4-11-5-12-8)13-9(14)7-2-1-3-17-7/h1-5H,(H,15,16). The Balaban J connectivity index is 2.38. The summed E-state index contributed by atoms with van der Waals surface area (Å²) in [6.45, 7) is 0. The van der Waals surface area contributed by atoms with E-state index in [1.165, 1.54) is 18.8 Å². The van der Waals surface area contributed by atoms with E-state index < -0.39 is 6.09 Å². The predicted molar refractivity (Wildman–Crippen MR) is 56.4 cm³/mol. The quantitative estimate of drug-likeness (QED) is 0.682. The van der Waals surface area contributed by atoms with Gasteiger partial charge in [0.15, 0.2) is 17.2 Å². The van der Waals surface area contributed by atoms with Crippen LogP contribution < -0.4 is 0 Å². The summed E-state index contributed by atoms with van der Waals surface area (Å²) >= 11 is 0. The number of aromatic nitrogens is 4. The van der Waals surface area contributed by atoms with Crippen molar-refractivity contribution in [3.63, 3.8) is 0 Å². The number of carbonyl (C=O) groups is 1. The maximum absolute atomic E-state index is 11.2. The summed E-state index contributed by atoms with van der Waals surface area (Å²) in [6.07, 6.45) is 3.01. The highest BCUT2D eigenvalue weighted by atomic mass is 16.4. The van der Waals surface area contributed by atoms with Crippen molar-refractivity contribution >= 4 is 17.3 Å². The minimum Gasteiger partial charge on any atom is -0.464 e. The third-order valence-electron chi connectivity index (χ3n) is 2.26. The fourth-order valence-corrected chi connectivity index (χ4v) is 1.58. The average molecular weight is 230 g/mol. The van der Waals surface area contributed by atoms with Crippen LogP contribution in [-0.4, -0.2) is 30.7 Å². The van der Waals surface area contributed by atoms with Gasteiger partial charge in [0.2, 0.25) is 0 Å². The molecular formula is C10H6N4O3. The first-order valence-electron chi connectivity index (χ1n) is 4.73. The van der Waals surface area contributed by atoms with Gasteiger partial charge < -0.3 is 9.52 Å². The minimum atomic E-state index is -1.17. The van der Waals surface area contributed by atoms with Crippen LogP contribution in [0.1, 0.15) is 0 Å². The van der Waals surface area contributed by atoms with Crippen LogP contribution in [0.5, 0.6) is 0 Å². The monoisotopic (exact) mass is 230 g/mol. The Morgan fingerprint density at radius 3 is 3.06 bits per heavy atom. The summed E-state index contributed by atoms with van der Waals surface area (Å²) in [5.74, 6) is 0.559. The van der Waals surface area contributed by atoms with Gasteiger partial charge in [-0.05, 0) is 12.1 Å². The number of furan rings is 1. The molecule has 0 unspecified atom stereocenters. The Labute approximate surface area is 94.4 Å². The molecule has 3 heterocycles. The zero-order valence-electron chi connectivity index (χ0n) is 8.44. The Morgan fingerprint density at radius 1 is 1.47 bits per heavy atom. The van der Waals surface area contributed by atoms with Crippen LogP contribution in [0.15, 0.2) is 35.3 Å².